The number of rotatable bonds is 4. The first-order valence-corrected chi connectivity index (χ1v) is 7.97. The highest BCUT2D eigenvalue weighted by Gasteiger charge is 2.37. The number of hydrogen-bond acceptors (Lipinski definition) is 7. The van der Waals surface area contributed by atoms with E-state index >= 15 is 0 Å². The van der Waals surface area contributed by atoms with Crippen LogP contribution in [0.4, 0.5) is 0 Å². The summed E-state index contributed by atoms with van der Waals surface area (Å²) < 4.78 is 5.71. The van der Waals surface area contributed by atoms with E-state index in [2.05, 4.69) is 20.2 Å². The molecule has 2 fully saturated rings. The summed E-state index contributed by atoms with van der Waals surface area (Å²) in [5.41, 5.74) is -0.219. The fraction of sp³-hybridized carbons (Fsp3) is 0.600. The summed E-state index contributed by atoms with van der Waals surface area (Å²) in [5, 5.41) is 18.8. The minimum atomic E-state index is -0.392. The zero-order valence-corrected chi connectivity index (χ0v) is 13.6. The van der Waals surface area contributed by atoms with Gasteiger partial charge in [-0.05, 0) is 12.8 Å². The number of aliphatic hydroxyl groups excluding tert-OH is 1. The molecule has 0 aliphatic carbocycles. The van der Waals surface area contributed by atoms with Crippen LogP contribution in [-0.4, -0.2) is 82.0 Å². The largest absolute Gasteiger partial charge is 0.483 e. The Bertz CT molecular complexity index is 636. The lowest BCUT2D eigenvalue weighted by atomic mass is 10.1. The summed E-state index contributed by atoms with van der Waals surface area (Å²) in [6.45, 7) is 2.03. The molecule has 1 aromatic rings. The first-order valence-electron chi connectivity index (χ1n) is 7.97. The van der Waals surface area contributed by atoms with Crippen LogP contribution in [0.3, 0.4) is 0 Å². The highest BCUT2D eigenvalue weighted by molar-refractivity contribution is 5.92. The van der Waals surface area contributed by atoms with Gasteiger partial charge in [-0.25, -0.2) is 0 Å². The number of nitrogens with zero attached hydrogens (tertiary/aromatic N) is 2. The molecule has 2 aliphatic heterocycles. The number of ether oxygens (including phenoxy) is 1. The van der Waals surface area contributed by atoms with E-state index in [-0.39, 0.29) is 36.8 Å². The predicted molar refractivity (Wildman–Crippen MR) is 86.2 cm³/mol. The molecular weight excluding hydrogens is 332 g/mol. The predicted octanol–water partition coefficient (Wildman–Crippen LogP) is -1.58. The molecule has 1 amide bonds. The lowest BCUT2D eigenvalue weighted by molar-refractivity contribution is -0.122. The number of H-pyrrole nitrogens is 1. The van der Waals surface area contributed by atoms with Gasteiger partial charge in [0.2, 0.25) is 0 Å². The smallest absolute Gasteiger partial charge is 0.290 e. The second-order valence-corrected chi connectivity index (χ2v) is 5.90. The van der Waals surface area contributed by atoms with Crippen molar-refractivity contribution in [2.24, 2.45) is 0 Å². The molecular formula is C15H22N4O6. The Balaban J connectivity index is 0.000000701. The van der Waals surface area contributed by atoms with Gasteiger partial charge in [-0.1, -0.05) is 0 Å². The molecule has 138 valence electrons. The minimum absolute atomic E-state index is 0.0256. The monoisotopic (exact) mass is 354 g/mol. The molecule has 0 spiro atoms. The number of morpholine rings is 1. The molecule has 3 heterocycles. The van der Waals surface area contributed by atoms with Gasteiger partial charge in [-0.3, -0.25) is 24.3 Å². The first kappa shape index (κ1) is 19.0. The SMILES string of the molecule is O=C(N[C@H]1C[C@H]2CO[C@@H](CCO)CN2C1)c1cncc(=O)[nH]1.O=CO. The summed E-state index contributed by atoms with van der Waals surface area (Å²) in [4.78, 5) is 40.2. The van der Waals surface area contributed by atoms with Gasteiger partial charge in [-0.2, -0.15) is 0 Å². The third-order valence-electron chi connectivity index (χ3n) is 4.17. The van der Waals surface area contributed by atoms with Gasteiger partial charge in [0.15, 0.2) is 0 Å². The molecule has 4 N–H and O–H groups in total. The third-order valence-corrected chi connectivity index (χ3v) is 4.17. The molecule has 2 saturated heterocycles. The summed E-state index contributed by atoms with van der Waals surface area (Å²) >= 11 is 0. The Morgan fingerprint density at radius 2 is 2.24 bits per heavy atom. The molecule has 10 heteroatoms. The number of amides is 1. The summed E-state index contributed by atoms with van der Waals surface area (Å²) in [6, 6.07) is 0.325. The molecule has 2 aliphatic rings. The van der Waals surface area contributed by atoms with Crippen molar-refractivity contribution in [3.05, 3.63) is 28.4 Å². The first-order chi connectivity index (χ1) is 12.1. The number of nitrogens with one attached hydrogen (secondary N) is 2. The second-order valence-electron chi connectivity index (χ2n) is 5.90. The van der Waals surface area contributed by atoms with E-state index in [4.69, 9.17) is 19.7 Å². The van der Waals surface area contributed by atoms with Crippen molar-refractivity contribution in [2.75, 3.05) is 26.3 Å². The Morgan fingerprint density at radius 3 is 2.92 bits per heavy atom. The Kier molecular flexibility index (Phi) is 7.04. The number of carbonyl (C=O) groups excluding carboxylic acids is 1. The molecule has 25 heavy (non-hydrogen) atoms. The van der Waals surface area contributed by atoms with E-state index in [1.807, 2.05) is 0 Å². The molecule has 3 atom stereocenters. The Hall–Kier alpha value is -2.30. The highest BCUT2D eigenvalue weighted by Crippen LogP contribution is 2.24. The van der Waals surface area contributed by atoms with Crippen molar-refractivity contribution in [2.45, 2.75) is 31.0 Å². The van der Waals surface area contributed by atoms with Crippen molar-refractivity contribution < 1.29 is 24.5 Å². The molecule has 0 bridgehead atoms. The van der Waals surface area contributed by atoms with E-state index in [1.54, 1.807) is 0 Å². The third kappa shape index (κ3) is 5.34. The van der Waals surface area contributed by atoms with Gasteiger partial charge >= 0.3 is 0 Å². The zero-order valence-electron chi connectivity index (χ0n) is 13.6. The van der Waals surface area contributed by atoms with Gasteiger partial charge in [0, 0.05) is 31.8 Å². The van der Waals surface area contributed by atoms with Crippen LogP contribution in [0.2, 0.25) is 0 Å². The van der Waals surface area contributed by atoms with Crippen LogP contribution in [0.1, 0.15) is 23.3 Å². The molecule has 0 saturated carbocycles. The number of hydrogen-bond donors (Lipinski definition) is 4. The minimum Gasteiger partial charge on any atom is -0.483 e. The molecule has 3 rings (SSSR count). The topological polar surface area (TPSA) is 145 Å². The fourth-order valence-corrected chi connectivity index (χ4v) is 3.12. The van der Waals surface area contributed by atoms with Gasteiger partial charge in [-0.15, -0.1) is 0 Å². The lowest BCUT2D eigenvalue weighted by Crippen LogP contribution is -2.46. The van der Waals surface area contributed by atoms with Crippen molar-refractivity contribution in [1.29, 1.82) is 0 Å². The van der Waals surface area contributed by atoms with Gasteiger partial charge in [0.1, 0.15) is 5.69 Å². The quantitative estimate of drug-likeness (QED) is 0.474. The number of aromatic amines is 1. The van der Waals surface area contributed by atoms with E-state index in [0.717, 1.165) is 25.7 Å². The van der Waals surface area contributed by atoms with Gasteiger partial charge in [0.05, 0.1) is 25.1 Å². The number of carboxylic acid groups (broad SMARTS) is 1. The van der Waals surface area contributed by atoms with Crippen molar-refractivity contribution >= 4 is 12.4 Å². The average Bonchev–Trinajstić information content (AvgIpc) is 2.97. The van der Waals surface area contributed by atoms with Crippen LogP contribution >= 0.6 is 0 Å². The normalized spacial score (nSPS) is 25.4. The zero-order chi connectivity index (χ0) is 18.2. The Labute approximate surface area is 143 Å². The van der Waals surface area contributed by atoms with E-state index in [0.29, 0.717) is 19.1 Å². The highest BCUT2D eigenvalue weighted by atomic mass is 16.5. The molecule has 0 radical (unpaired) electrons. The van der Waals surface area contributed by atoms with Crippen LogP contribution in [0.5, 0.6) is 0 Å². The Morgan fingerprint density at radius 1 is 1.48 bits per heavy atom. The number of aliphatic hydroxyl groups is 1. The number of fused-ring (bicyclic) bond motifs is 1. The maximum absolute atomic E-state index is 12.1. The molecule has 10 nitrogen and oxygen atoms in total. The van der Waals surface area contributed by atoms with Crippen molar-refractivity contribution in [3.8, 4) is 0 Å². The van der Waals surface area contributed by atoms with Crippen molar-refractivity contribution in [3.63, 3.8) is 0 Å². The van der Waals surface area contributed by atoms with E-state index in [1.165, 1.54) is 6.20 Å². The average molecular weight is 354 g/mol. The van der Waals surface area contributed by atoms with Crippen LogP contribution in [0.15, 0.2) is 17.2 Å². The molecule has 0 unspecified atom stereocenters. The maximum atomic E-state index is 12.1. The standard InChI is InChI=1S/C14H20N4O4.CH2O2/c19-2-1-11-7-18-6-9(3-10(18)8-22-11)16-14(21)12-4-15-5-13(20)17-12;2-1-3/h4-5,9-11,19H,1-3,6-8H2,(H,16,21)(H,17,20);1H,(H,2,3)/t9-,10-,11-;/m0./s1. The molecule has 1 aromatic heterocycles. The number of aromatic nitrogens is 2. The van der Waals surface area contributed by atoms with Crippen LogP contribution < -0.4 is 10.9 Å². The summed E-state index contributed by atoms with van der Waals surface area (Å²) in [6.07, 6.45) is 3.99. The maximum Gasteiger partial charge on any atom is 0.290 e. The number of carbonyl (C=O) groups is 2. The van der Waals surface area contributed by atoms with Gasteiger partial charge in [0.25, 0.3) is 17.9 Å². The van der Waals surface area contributed by atoms with Crippen LogP contribution in [0, 0.1) is 0 Å². The second kappa shape index (κ2) is 9.25. The summed E-state index contributed by atoms with van der Waals surface area (Å²) in [7, 11) is 0. The summed E-state index contributed by atoms with van der Waals surface area (Å²) in [5.74, 6) is -0.317. The van der Waals surface area contributed by atoms with Crippen LogP contribution in [-0.2, 0) is 9.53 Å². The fourth-order valence-electron chi connectivity index (χ4n) is 3.12. The van der Waals surface area contributed by atoms with E-state index in [9.17, 15) is 9.59 Å². The lowest BCUT2D eigenvalue weighted by Gasteiger charge is -2.34. The van der Waals surface area contributed by atoms with E-state index < -0.39 is 5.56 Å². The van der Waals surface area contributed by atoms with Gasteiger partial charge < -0.3 is 25.3 Å². The molecule has 0 aromatic carbocycles. The van der Waals surface area contributed by atoms with Crippen LogP contribution in [0.25, 0.3) is 0 Å². The van der Waals surface area contributed by atoms with Crippen molar-refractivity contribution in [1.82, 2.24) is 20.2 Å².